The van der Waals surface area contributed by atoms with Crippen molar-refractivity contribution < 1.29 is 19.4 Å². The van der Waals surface area contributed by atoms with Gasteiger partial charge in [0.1, 0.15) is 6.04 Å². The molecule has 6 nitrogen and oxygen atoms in total. The molecular weight excluding hydrogens is 200 g/mol. The molecule has 0 heterocycles. The van der Waals surface area contributed by atoms with Crippen molar-refractivity contribution in [3.63, 3.8) is 0 Å². The third-order valence-corrected chi connectivity index (χ3v) is 1.91. The van der Waals surface area contributed by atoms with Crippen molar-refractivity contribution in [1.29, 1.82) is 0 Å². The van der Waals surface area contributed by atoms with Crippen LogP contribution in [0.25, 0.3) is 0 Å². The summed E-state index contributed by atoms with van der Waals surface area (Å²) in [6.45, 7) is 2.45. The molecule has 0 radical (unpaired) electrons. The summed E-state index contributed by atoms with van der Waals surface area (Å²) in [5, 5.41) is 11.5. The second-order valence-corrected chi connectivity index (χ2v) is 3.18. The van der Waals surface area contributed by atoms with Crippen molar-refractivity contribution in [1.82, 2.24) is 10.2 Å². The highest BCUT2D eigenvalue weighted by molar-refractivity contribution is 5.79. The van der Waals surface area contributed by atoms with Crippen molar-refractivity contribution in [2.45, 2.75) is 13.0 Å². The molecule has 88 valence electrons. The van der Waals surface area contributed by atoms with Crippen molar-refractivity contribution in [2.75, 3.05) is 33.9 Å². The van der Waals surface area contributed by atoms with Gasteiger partial charge in [-0.25, -0.2) is 0 Å². The second-order valence-electron chi connectivity index (χ2n) is 3.18. The Balaban J connectivity index is 4.18. The minimum atomic E-state index is -0.997. The number of carbonyl (C=O) groups excluding carboxylic acids is 1. The van der Waals surface area contributed by atoms with Crippen LogP contribution >= 0.6 is 0 Å². The monoisotopic (exact) mass is 218 g/mol. The Morgan fingerprint density at radius 1 is 1.53 bits per heavy atom. The van der Waals surface area contributed by atoms with E-state index >= 15 is 0 Å². The van der Waals surface area contributed by atoms with Gasteiger partial charge >= 0.3 is 5.97 Å². The molecule has 0 aliphatic rings. The molecular formula is C9H18N2O4. The summed E-state index contributed by atoms with van der Waals surface area (Å²) < 4.78 is 4.77. The molecule has 2 N–H and O–H groups in total. The standard InChI is InChI=1S/C9H18N2O4/c1-4-10-8(12)5-11(2)7(6-15-3)9(13)14/h7H,4-6H2,1-3H3,(H,10,12)(H,13,14). The highest BCUT2D eigenvalue weighted by Crippen LogP contribution is 1.97. The number of amides is 1. The van der Waals surface area contributed by atoms with Crippen molar-refractivity contribution in [3.8, 4) is 0 Å². The van der Waals surface area contributed by atoms with E-state index in [-0.39, 0.29) is 19.1 Å². The lowest BCUT2D eigenvalue weighted by Crippen LogP contribution is -2.46. The summed E-state index contributed by atoms with van der Waals surface area (Å²) in [7, 11) is 3.00. The van der Waals surface area contributed by atoms with Crippen LogP contribution in [-0.2, 0) is 14.3 Å². The number of nitrogens with one attached hydrogen (secondary N) is 1. The van der Waals surface area contributed by atoms with Crippen LogP contribution in [0.4, 0.5) is 0 Å². The first-order valence-electron chi connectivity index (χ1n) is 4.71. The van der Waals surface area contributed by atoms with Crippen molar-refractivity contribution >= 4 is 11.9 Å². The van der Waals surface area contributed by atoms with E-state index in [2.05, 4.69) is 5.32 Å². The van der Waals surface area contributed by atoms with Crippen LogP contribution in [0.3, 0.4) is 0 Å². The van der Waals surface area contributed by atoms with Gasteiger partial charge in [0.15, 0.2) is 0 Å². The second kappa shape index (κ2) is 7.19. The number of methoxy groups -OCH3 is 1. The lowest BCUT2D eigenvalue weighted by Gasteiger charge is -2.23. The zero-order chi connectivity index (χ0) is 11.8. The third kappa shape index (κ3) is 5.34. The Bertz CT molecular complexity index is 220. The van der Waals surface area contributed by atoms with Gasteiger partial charge in [-0.15, -0.1) is 0 Å². The molecule has 0 aromatic heterocycles. The molecule has 0 aliphatic carbocycles. The normalized spacial score (nSPS) is 12.5. The fourth-order valence-corrected chi connectivity index (χ4v) is 1.13. The molecule has 1 amide bonds. The Morgan fingerprint density at radius 3 is 2.53 bits per heavy atom. The van der Waals surface area contributed by atoms with Crippen LogP contribution in [-0.4, -0.2) is 61.8 Å². The average Bonchev–Trinajstić information content (AvgIpc) is 2.13. The van der Waals surface area contributed by atoms with Gasteiger partial charge in [-0.1, -0.05) is 0 Å². The Labute approximate surface area is 89.2 Å². The van der Waals surface area contributed by atoms with Gasteiger partial charge in [-0.3, -0.25) is 14.5 Å². The van der Waals surface area contributed by atoms with E-state index in [0.29, 0.717) is 6.54 Å². The first-order chi connectivity index (χ1) is 7.02. The molecule has 0 aromatic carbocycles. The molecule has 0 saturated carbocycles. The fraction of sp³-hybridized carbons (Fsp3) is 0.778. The number of hydrogen-bond donors (Lipinski definition) is 2. The molecule has 0 rings (SSSR count). The van der Waals surface area contributed by atoms with Crippen LogP contribution in [0.2, 0.25) is 0 Å². The Kier molecular flexibility index (Phi) is 6.64. The number of likely N-dealkylation sites (N-methyl/N-ethyl adjacent to an activating group) is 2. The van der Waals surface area contributed by atoms with Crippen molar-refractivity contribution in [3.05, 3.63) is 0 Å². The van der Waals surface area contributed by atoms with Crippen LogP contribution in [0.15, 0.2) is 0 Å². The molecule has 0 bridgehead atoms. The first-order valence-corrected chi connectivity index (χ1v) is 4.71. The number of rotatable bonds is 7. The average molecular weight is 218 g/mol. The van der Waals surface area contributed by atoms with Crippen LogP contribution in [0.5, 0.6) is 0 Å². The molecule has 1 unspecified atom stereocenters. The summed E-state index contributed by atoms with van der Waals surface area (Å²) in [5.41, 5.74) is 0. The van der Waals surface area contributed by atoms with E-state index in [1.165, 1.54) is 12.0 Å². The summed E-state index contributed by atoms with van der Waals surface area (Å²) in [4.78, 5) is 23.5. The molecule has 0 fully saturated rings. The minimum absolute atomic E-state index is 0.0498. The molecule has 0 spiro atoms. The summed E-state index contributed by atoms with van der Waals surface area (Å²) >= 11 is 0. The summed E-state index contributed by atoms with van der Waals surface area (Å²) in [6, 6.07) is -0.794. The fourth-order valence-electron chi connectivity index (χ4n) is 1.13. The zero-order valence-corrected chi connectivity index (χ0v) is 9.32. The minimum Gasteiger partial charge on any atom is -0.480 e. The first kappa shape index (κ1) is 13.9. The maximum absolute atomic E-state index is 11.2. The molecule has 0 aromatic rings. The maximum Gasteiger partial charge on any atom is 0.323 e. The molecule has 6 heteroatoms. The third-order valence-electron chi connectivity index (χ3n) is 1.91. The highest BCUT2D eigenvalue weighted by atomic mass is 16.5. The van der Waals surface area contributed by atoms with Crippen LogP contribution in [0.1, 0.15) is 6.92 Å². The van der Waals surface area contributed by atoms with Gasteiger partial charge in [0.25, 0.3) is 0 Å². The smallest absolute Gasteiger partial charge is 0.323 e. The number of carboxylic acids is 1. The van der Waals surface area contributed by atoms with E-state index < -0.39 is 12.0 Å². The Morgan fingerprint density at radius 2 is 2.13 bits per heavy atom. The van der Waals surface area contributed by atoms with Crippen LogP contribution < -0.4 is 5.32 Å². The van der Waals surface area contributed by atoms with Crippen LogP contribution in [0, 0.1) is 0 Å². The number of nitrogens with zero attached hydrogens (tertiary/aromatic N) is 1. The Hall–Kier alpha value is -1.14. The van der Waals surface area contributed by atoms with E-state index in [0.717, 1.165) is 0 Å². The molecule has 15 heavy (non-hydrogen) atoms. The van der Waals surface area contributed by atoms with Crippen molar-refractivity contribution in [2.24, 2.45) is 0 Å². The number of aliphatic carboxylic acids is 1. The van der Waals surface area contributed by atoms with Gasteiger partial charge in [0.2, 0.25) is 5.91 Å². The number of carboxylic acid groups (broad SMARTS) is 1. The number of hydrogen-bond acceptors (Lipinski definition) is 4. The van der Waals surface area contributed by atoms with Gasteiger partial charge in [0, 0.05) is 13.7 Å². The number of ether oxygens (including phenoxy) is 1. The lowest BCUT2D eigenvalue weighted by molar-refractivity contribution is -0.145. The molecule has 0 aliphatic heterocycles. The number of carbonyl (C=O) groups is 2. The lowest BCUT2D eigenvalue weighted by atomic mass is 10.3. The van der Waals surface area contributed by atoms with E-state index in [1.54, 1.807) is 7.05 Å². The maximum atomic E-state index is 11.2. The highest BCUT2D eigenvalue weighted by Gasteiger charge is 2.23. The zero-order valence-electron chi connectivity index (χ0n) is 9.32. The predicted molar refractivity (Wildman–Crippen MR) is 54.6 cm³/mol. The molecule has 0 saturated heterocycles. The quantitative estimate of drug-likeness (QED) is 0.582. The van der Waals surface area contributed by atoms with Gasteiger partial charge in [0.05, 0.1) is 13.2 Å². The predicted octanol–water partition coefficient (Wildman–Crippen LogP) is -0.846. The summed E-state index contributed by atoms with van der Waals surface area (Å²) in [6.07, 6.45) is 0. The SMILES string of the molecule is CCNC(=O)CN(C)C(COC)C(=O)O. The van der Waals surface area contributed by atoms with Gasteiger partial charge in [-0.05, 0) is 14.0 Å². The van der Waals surface area contributed by atoms with Gasteiger partial charge in [-0.2, -0.15) is 0 Å². The summed E-state index contributed by atoms with van der Waals surface area (Å²) in [5.74, 6) is -1.19. The van der Waals surface area contributed by atoms with E-state index in [4.69, 9.17) is 9.84 Å². The topological polar surface area (TPSA) is 78.9 Å². The van der Waals surface area contributed by atoms with E-state index in [9.17, 15) is 9.59 Å². The van der Waals surface area contributed by atoms with E-state index in [1.807, 2.05) is 6.92 Å². The van der Waals surface area contributed by atoms with Gasteiger partial charge < -0.3 is 15.2 Å². The molecule has 1 atom stereocenters. The largest absolute Gasteiger partial charge is 0.480 e.